The number of aliphatic hydroxyl groups excluding tert-OH is 1. The highest BCUT2D eigenvalue weighted by Gasteiger charge is 2.30. The molecule has 1 aromatic carbocycles. The van der Waals surface area contributed by atoms with Crippen molar-refractivity contribution in [1.29, 1.82) is 0 Å². The normalized spacial score (nSPS) is 22.0. The number of carbonyl (C=O) groups excluding carboxylic acids is 2. The summed E-state index contributed by atoms with van der Waals surface area (Å²) in [6.45, 7) is 4.47. The van der Waals surface area contributed by atoms with E-state index in [1.807, 2.05) is 19.9 Å². The zero-order chi connectivity index (χ0) is 15.6. The van der Waals surface area contributed by atoms with Crippen molar-refractivity contribution in [1.82, 2.24) is 4.90 Å². The average molecular weight is 311 g/mol. The van der Waals surface area contributed by atoms with Gasteiger partial charge in [-0.15, -0.1) is 0 Å². The highest BCUT2D eigenvalue weighted by atomic mass is 35.5. The molecule has 1 heterocycles. The molecule has 1 aliphatic rings. The maximum Gasteiger partial charge on any atom is 0.313 e. The molecule has 2 N–H and O–H groups in total. The lowest BCUT2D eigenvalue weighted by molar-refractivity contribution is -0.146. The zero-order valence-electron chi connectivity index (χ0n) is 12.1. The van der Waals surface area contributed by atoms with E-state index in [1.165, 1.54) is 4.90 Å². The molecule has 2 rings (SSSR count). The summed E-state index contributed by atoms with van der Waals surface area (Å²) in [7, 11) is 0. The monoisotopic (exact) mass is 310 g/mol. The topological polar surface area (TPSA) is 69.6 Å². The first-order valence-electron chi connectivity index (χ1n) is 6.93. The highest BCUT2D eigenvalue weighted by Crippen LogP contribution is 2.23. The van der Waals surface area contributed by atoms with Crippen molar-refractivity contribution >= 4 is 29.1 Å². The van der Waals surface area contributed by atoms with Crippen LogP contribution >= 0.6 is 11.6 Å². The number of hydrogen-bond donors (Lipinski definition) is 2. The van der Waals surface area contributed by atoms with E-state index in [9.17, 15) is 14.7 Å². The number of nitrogens with zero attached hydrogens (tertiary/aromatic N) is 1. The molecule has 21 heavy (non-hydrogen) atoms. The molecule has 5 nitrogen and oxygen atoms in total. The van der Waals surface area contributed by atoms with Crippen molar-refractivity contribution in [2.24, 2.45) is 5.92 Å². The van der Waals surface area contributed by atoms with Gasteiger partial charge in [-0.05, 0) is 37.0 Å². The van der Waals surface area contributed by atoms with Crippen molar-refractivity contribution in [3.8, 4) is 0 Å². The molecule has 2 atom stereocenters. The second-order valence-electron chi connectivity index (χ2n) is 5.52. The Kier molecular flexibility index (Phi) is 4.85. The number of likely N-dealkylation sites (tertiary alicyclic amines) is 1. The van der Waals surface area contributed by atoms with E-state index in [-0.39, 0.29) is 12.5 Å². The molecule has 6 heteroatoms. The van der Waals surface area contributed by atoms with E-state index >= 15 is 0 Å². The first kappa shape index (κ1) is 15.8. The molecule has 0 spiro atoms. The lowest BCUT2D eigenvalue weighted by Crippen LogP contribution is -2.49. The number of aliphatic hydroxyl groups is 1. The quantitative estimate of drug-likeness (QED) is 0.777. The Labute approximate surface area is 128 Å². The summed E-state index contributed by atoms with van der Waals surface area (Å²) < 4.78 is 0. The molecule has 0 aromatic heterocycles. The largest absolute Gasteiger partial charge is 0.391 e. The standard InChI is InChI=1S/C15H19ClN2O3/c1-9-3-4-11(16)12(7-9)17-14(20)15(21)18-6-5-10(2)13(19)8-18/h3-4,7,10,13,19H,5-6,8H2,1-2H3,(H,17,20). The molecule has 1 fully saturated rings. The molecule has 2 unspecified atom stereocenters. The van der Waals surface area contributed by atoms with E-state index in [2.05, 4.69) is 5.32 Å². The minimum absolute atomic E-state index is 0.142. The average Bonchev–Trinajstić information content (AvgIpc) is 2.45. The zero-order valence-corrected chi connectivity index (χ0v) is 12.9. The van der Waals surface area contributed by atoms with Gasteiger partial charge in [0, 0.05) is 13.1 Å². The molecular weight excluding hydrogens is 292 g/mol. The summed E-state index contributed by atoms with van der Waals surface area (Å²) in [4.78, 5) is 25.5. The smallest absolute Gasteiger partial charge is 0.313 e. The van der Waals surface area contributed by atoms with Crippen LogP contribution in [0.15, 0.2) is 18.2 Å². The summed E-state index contributed by atoms with van der Waals surface area (Å²) in [5.41, 5.74) is 1.35. The number of piperidine rings is 1. The third-order valence-electron chi connectivity index (χ3n) is 3.77. The number of β-amino-alcohol motifs (C(OH)–C–C–N with tert-alkyl or cyclic N) is 1. The van der Waals surface area contributed by atoms with Crippen LogP contribution in [-0.4, -0.2) is 41.0 Å². The molecule has 114 valence electrons. The van der Waals surface area contributed by atoms with Crippen molar-refractivity contribution in [3.05, 3.63) is 28.8 Å². The van der Waals surface area contributed by atoms with Gasteiger partial charge in [-0.2, -0.15) is 0 Å². The fourth-order valence-corrected chi connectivity index (χ4v) is 2.45. The Morgan fingerprint density at radius 2 is 2.14 bits per heavy atom. The molecule has 0 radical (unpaired) electrons. The van der Waals surface area contributed by atoms with Crippen LogP contribution in [0.3, 0.4) is 0 Å². The van der Waals surface area contributed by atoms with E-state index in [1.54, 1.807) is 12.1 Å². The fraction of sp³-hybridized carbons (Fsp3) is 0.467. The Morgan fingerprint density at radius 1 is 1.43 bits per heavy atom. The Balaban J connectivity index is 2.03. The number of nitrogens with one attached hydrogen (secondary N) is 1. The minimum Gasteiger partial charge on any atom is -0.391 e. The molecule has 2 amide bonds. The number of carbonyl (C=O) groups is 2. The number of amides is 2. The highest BCUT2D eigenvalue weighted by molar-refractivity contribution is 6.41. The second-order valence-corrected chi connectivity index (χ2v) is 5.93. The van der Waals surface area contributed by atoms with Crippen molar-refractivity contribution in [3.63, 3.8) is 0 Å². The number of halogens is 1. The van der Waals surface area contributed by atoms with E-state index in [4.69, 9.17) is 11.6 Å². The number of hydrogen-bond acceptors (Lipinski definition) is 3. The molecular formula is C15H19ClN2O3. The van der Waals surface area contributed by atoms with E-state index < -0.39 is 17.9 Å². The molecule has 0 aliphatic carbocycles. The van der Waals surface area contributed by atoms with Gasteiger partial charge in [-0.1, -0.05) is 24.6 Å². The Bertz CT molecular complexity index is 562. The molecule has 0 bridgehead atoms. The number of aryl methyl sites for hydroxylation is 1. The Morgan fingerprint density at radius 3 is 2.81 bits per heavy atom. The lowest BCUT2D eigenvalue weighted by atomic mass is 9.96. The third kappa shape index (κ3) is 3.74. The summed E-state index contributed by atoms with van der Waals surface area (Å²) in [6.07, 6.45) is 0.101. The van der Waals surface area contributed by atoms with Crippen LogP contribution in [0.5, 0.6) is 0 Å². The minimum atomic E-state index is -0.732. The second kappa shape index (κ2) is 6.45. The first-order chi connectivity index (χ1) is 9.88. The maximum atomic E-state index is 12.1. The maximum absolute atomic E-state index is 12.1. The predicted octanol–water partition coefficient (Wildman–Crippen LogP) is 1.82. The number of rotatable bonds is 1. The summed E-state index contributed by atoms with van der Waals surface area (Å²) in [6, 6.07) is 5.20. The van der Waals surface area contributed by atoms with Crippen molar-refractivity contribution < 1.29 is 14.7 Å². The third-order valence-corrected chi connectivity index (χ3v) is 4.10. The van der Waals surface area contributed by atoms with Gasteiger partial charge in [-0.3, -0.25) is 9.59 Å². The fourth-order valence-electron chi connectivity index (χ4n) is 2.29. The van der Waals surface area contributed by atoms with Gasteiger partial charge in [0.25, 0.3) is 0 Å². The molecule has 1 aromatic rings. The molecule has 0 saturated carbocycles. The van der Waals surface area contributed by atoms with Crippen LogP contribution < -0.4 is 5.32 Å². The van der Waals surface area contributed by atoms with Crippen LogP contribution in [0.1, 0.15) is 18.9 Å². The van der Waals surface area contributed by atoms with Gasteiger partial charge in [0.1, 0.15) is 0 Å². The Hall–Kier alpha value is -1.59. The molecule has 1 saturated heterocycles. The van der Waals surface area contributed by atoms with Crippen LogP contribution in [0.25, 0.3) is 0 Å². The van der Waals surface area contributed by atoms with Gasteiger partial charge >= 0.3 is 11.8 Å². The summed E-state index contributed by atoms with van der Waals surface area (Å²) in [5, 5.41) is 12.7. The van der Waals surface area contributed by atoms with Crippen LogP contribution in [0.2, 0.25) is 5.02 Å². The first-order valence-corrected chi connectivity index (χ1v) is 7.30. The van der Waals surface area contributed by atoms with E-state index in [0.717, 1.165) is 5.56 Å². The van der Waals surface area contributed by atoms with Gasteiger partial charge in [0.05, 0.1) is 16.8 Å². The van der Waals surface area contributed by atoms with Gasteiger partial charge in [0.2, 0.25) is 0 Å². The van der Waals surface area contributed by atoms with E-state index in [0.29, 0.717) is 23.7 Å². The van der Waals surface area contributed by atoms with Crippen LogP contribution in [0.4, 0.5) is 5.69 Å². The summed E-state index contributed by atoms with van der Waals surface area (Å²) >= 11 is 5.99. The molecule has 1 aliphatic heterocycles. The van der Waals surface area contributed by atoms with Crippen molar-refractivity contribution in [2.75, 3.05) is 18.4 Å². The van der Waals surface area contributed by atoms with Gasteiger partial charge in [0.15, 0.2) is 0 Å². The van der Waals surface area contributed by atoms with Crippen molar-refractivity contribution in [2.45, 2.75) is 26.4 Å². The van der Waals surface area contributed by atoms with Gasteiger partial charge < -0.3 is 15.3 Å². The SMILES string of the molecule is Cc1ccc(Cl)c(NC(=O)C(=O)N2CCC(C)C(O)C2)c1. The van der Waals surface area contributed by atoms with Crippen LogP contribution in [0, 0.1) is 12.8 Å². The summed E-state index contributed by atoms with van der Waals surface area (Å²) in [5.74, 6) is -1.23. The van der Waals surface area contributed by atoms with Gasteiger partial charge in [-0.25, -0.2) is 0 Å². The lowest BCUT2D eigenvalue weighted by Gasteiger charge is -2.33. The number of anilines is 1. The number of benzene rings is 1. The predicted molar refractivity (Wildman–Crippen MR) is 81.2 cm³/mol. The van der Waals surface area contributed by atoms with Crippen LogP contribution in [-0.2, 0) is 9.59 Å².